The number of fused-ring (bicyclic) bond motifs is 2. The van der Waals surface area contributed by atoms with Crippen molar-refractivity contribution in [2.24, 2.45) is 22.9 Å². The van der Waals surface area contributed by atoms with Crippen LogP contribution in [0.2, 0.25) is 0 Å². The van der Waals surface area contributed by atoms with Crippen LogP contribution < -0.4 is 9.47 Å². The summed E-state index contributed by atoms with van der Waals surface area (Å²) in [5, 5.41) is 25.0. The lowest BCUT2D eigenvalue weighted by Crippen LogP contribution is -2.70. The maximum atomic E-state index is 14.8. The molecule has 2 N–H and O–H groups in total. The predicted molar refractivity (Wildman–Crippen MR) is 257 cm³/mol. The highest BCUT2D eigenvalue weighted by atomic mass is 16.8. The maximum absolute atomic E-state index is 14.8. The zero-order valence-corrected chi connectivity index (χ0v) is 40.1. The molecule has 11 nitrogen and oxygen atoms in total. The van der Waals surface area contributed by atoms with Gasteiger partial charge in [0.05, 0.1) is 30.5 Å². The van der Waals surface area contributed by atoms with Crippen LogP contribution in [0.25, 0.3) is 0 Å². The molecule has 0 spiro atoms. The van der Waals surface area contributed by atoms with Gasteiger partial charge < -0.3 is 38.9 Å². The number of ether oxygens (including phenoxy) is 4. The number of rotatable bonds is 29. The van der Waals surface area contributed by atoms with Crippen molar-refractivity contribution in [2.75, 3.05) is 33.0 Å². The number of aliphatic hydroxyl groups excluding tert-OH is 2. The van der Waals surface area contributed by atoms with Crippen LogP contribution in [-0.2, 0) is 25.7 Å². The second-order valence-electron chi connectivity index (χ2n) is 18.9. The van der Waals surface area contributed by atoms with Crippen LogP contribution in [-0.4, -0.2) is 82.8 Å². The number of aliphatic hydroxyl groups is 2. The van der Waals surface area contributed by atoms with Gasteiger partial charge in [-0.3, -0.25) is 9.78 Å². The van der Waals surface area contributed by atoms with E-state index in [1.165, 1.54) is 38.5 Å². The monoisotopic (exact) mass is 900 g/mol. The summed E-state index contributed by atoms with van der Waals surface area (Å²) >= 11 is 0. The molecule has 0 bridgehead atoms. The molecule has 1 amide bonds. The van der Waals surface area contributed by atoms with Crippen LogP contribution in [0.3, 0.4) is 0 Å². The summed E-state index contributed by atoms with van der Waals surface area (Å²) in [6.45, 7) is 12.5. The van der Waals surface area contributed by atoms with E-state index in [2.05, 4.69) is 42.5 Å². The third kappa shape index (κ3) is 13.4. The average Bonchev–Trinajstić information content (AvgIpc) is 3.32. The van der Waals surface area contributed by atoms with Gasteiger partial charge in [0.25, 0.3) is 0 Å². The largest absolute Gasteiger partial charge is 0.487 e. The number of pyridine rings is 1. The van der Waals surface area contributed by atoms with E-state index in [0.29, 0.717) is 45.4 Å². The molecule has 4 aliphatic rings. The van der Waals surface area contributed by atoms with Crippen LogP contribution in [0.15, 0.2) is 65.9 Å². The van der Waals surface area contributed by atoms with E-state index in [9.17, 15) is 15.0 Å². The number of carbonyl (C=O) groups is 1. The molecule has 11 heteroatoms. The molecule has 7 unspecified atom stereocenters. The second kappa shape index (κ2) is 26.5. The molecular formula is C54H81N3O8. The van der Waals surface area contributed by atoms with Crippen molar-refractivity contribution in [1.29, 1.82) is 0 Å². The number of benzene rings is 1. The van der Waals surface area contributed by atoms with E-state index in [1.807, 2.05) is 37.3 Å². The first-order valence-corrected chi connectivity index (χ1v) is 25.6. The Hall–Kier alpha value is -3.77. The first-order chi connectivity index (χ1) is 31.9. The Kier molecular flexibility index (Phi) is 20.7. The Bertz CT molecular complexity index is 1830. The Balaban J connectivity index is 1.45. The van der Waals surface area contributed by atoms with Crippen LogP contribution in [0.4, 0.5) is 0 Å². The predicted octanol–water partition coefficient (Wildman–Crippen LogP) is 11.3. The lowest BCUT2D eigenvalue weighted by Gasteiger charge is -2.60. The van der Waals surface area contributed by atoms with E-state index in [1.54, 1.807) is 6.08 Å². The first kappa shape index (κ1) is 50.6. The minimum absolute atomic E-state index is 0.112. The third-order valence-corrected chi connectivity index (χ3v) is 14.1. The molecule has 7 atom stereocenters. The Morgan fingerprint density at radius 1 is 0.954 bits per heavy atom. The van der Waals surface area contributed by atoms with Crippen LogP contribution in [0.1, 0.15) is 172 Å². The Morgan fingerprint density at radius 2 is 1.72 bits per heavy atom. The molecule has 3 heterocycles. The number of hydrogen-bond donors (Lipinski definition) is 2. The van der Waals surface area contributed by atoms with Gasteiger partial charge in [-0.1, -0.05) is 101 Å². The zero-order valence-electron chi connectivity index (χ0n) is 40.1. The topological polar surface area (TPSA) is 132 Å². The van der Waals surface area contributed by atoms with Crippen LogP contribution in [0, 0.1) is 24.7 Å². The van der Waals surface area contributed by atoms with E-state index in [-0.39, 0.29) is 49.4 Å². The number of allylic oxidation sites excluding steroid dienone is 1. The molecule has 1 aromatic carbocycles. The maximum Gasteiger partial charge on any atom is 0.239 e. The van der Waals surface area contributed by atoms with Crippen molar-refractivity contribution >= 4 is 11.6 Å². The minimum atomic E-state index is -1.28. The quantitative estimate of drug-likeness (QED) is 0.0465. The van der Waals surface area contributed by atoms with Gasteiger partial charge in [0, 0.05) is 56.2 Å². The number of aryl methyl sites for hydroxylation is 1. The summed E-state index contributed by atoms with van der Waals surface area (Å²) in [4.78, 5) is 27.9. The van der Waals surface area contributed by atoms with E-state index >= 15 is 0 Å². The average molecular weight is 900 g/mol. The highest BCUT2D eigenvalue weighted by Gasteiger charge is 2.65. The minimum Gasteiger partial charge on any atom is -0.487 e. The van der Waals surface area contributed by atoms with Crippen LogP contribution in [0.5, 0.6) is 11.5 Å². The fourth-order valence-corrected chi connectivity index (χ4v) is 10.9. The van der Waals surface area contributed by atoms with Gasteiger partial charge in [-0.25, -0.2) is 0 Å². The molecular weight excluding hydrogens is 819 g/mol. The van der Waals surface area contributed by atoms with Crippen molar-refractivity contribution < 1.29 is 38.8 Å². The second-order valence-corrected chi connectivity index (χ2v) is 18.9. The van der Waals surface area contributed by atoms with E-state index in [4.69, 9.17) is 28.9 Å². The van der Waals surface area contributed by atoms with Crippen molar-refractivity contribution in [3.63, 3.8) is 0 Å². The summed E-state index contributed by atoms with van der Waals surface area (Å²) in [7, 11) is 0. The summed E-state index contributed by atoms with van der Waals surface area (Å²) in [5.74, 6) is 0.0352. The fourth-order valence-electron chi connectivity index (χ4n) is 10.9. The normalized spacial score (nSPS) is 25.2. The number of aromatic nitrogens is 1. The van der Waals surface area contributed by atoms with Gasteiger partial charge in [-0.2, -0.15) is 0 Å². The summed E-state index contributed by atoms with van der Waals surface area (Å²) in [5.41, 5.74) is 4.66. The standard InChI is InChI=1S/C54H81N3O8/c1-5-8-9-10-11-12-13-14-15-27-50(60)57(31-6-2)49-38-47(56-65-51-28-18-21-35-61-51)45-36-41(24-16-19-32-58)44(26-17-20-33-59)52-46-37-43(62-39-42-25-22-23-40(4)55-42)29-30-48(46)64-54(49,53(45)52)63-34-7-3/h7,22-23,25,29-30,36-37,41,44,49,51-53,58-59H,3,5-6,8-21,24,26-28,31-35,38-39H2,1-2,4H3. The highest BCUT2D eigenvalue weighted by molar-refractivity contribution is 6.03. The van der Waals surface area contributed by atoms with Crippen molar-refractivity contribution in [3.05, 3.63) is 77.7 Å². The molecule has 6 rings (SSSR count). The van der Waals surface area contributed by atoms with Crippen LogP contribution >= 0.6 is 0 Å². The number of amides is 1. The van der Waals surface area contributed by atoms with Crippen molar-refractivity contribution in [2.45, 2.75) is 186 Å². The third-order valence-electron chi connectivity index (χ3n) is 14.1. The smallest absolute Gasteiger partial charge is 0.239 e. The molecule has 65 heavy (non-hydrogen) atoms. The number of nitrogens with zero attached hydrogens (tertiary/aromatic N) is 3. The highest BCUT2D eigenvalue weighted by Crippen LogP contribution is 2.62. The lowest BCUT2D eigenvalue weighted by molar-refractivity contribution is -0.257. The van der Waals surface area contributed by atoms with E-state index < -0.39 is 18.1 Å². The number of unbranched alkanes of at least 4 members (excludes halogenated alkanes) is 10. The number of carbonyl (C=O) groups excluding carboxylic acids is 1. The zero-order chi connectivity index (χ0) is 45.9. The fraction of sp³-hybridized carbons (Fsp3) is 0.685. The van der Waals surface area contributed by atoms with Crippen molar-refractivity contribution in [1.82, 2.24) is 9.88 Å². The molecule has 1 saturated carbocycles. The SMILES string of the molecule is C=CCOC12Oc3ccc(OCc4cccc(C)n4)cc3C3C(CCCCO)C(CCCCO)C=C(C(=NOC4CCCCO4)CC1N(CCC)C(=O)CCCCCCCCCCC)C32. The molecule has 2 aliphatic heterocycles. The number of hydrogen-bond acceptors (Lipinski definition) is 10. The molecule has 0 radical (unpaired) electrons. The van der Waals surface area contributed by atoms with Gasteiger partial charge in [-0.05, 0) is 106 Å². The number of oxime groups is 1. The molecule has 2 fully saturated rings. The van der Waals surface area contributed by atoms with Crippen molar-refractivity contribution in [3.8, 4) is 11.5 Å². The molecule has 1 saturated heterocycles. The van der Waals surface area contributed by atoms with Gasteiger partial charge in [0.1, 0.15) is 24.1 Å². The van der Waals surface area contributed by atoms with Gasteiger partial charge in [0.2, 0.25) is 18.0 Å². The molecule has 2 aromatic rings. The lowest BCUT2D eigenvalue weighted by atomic mass is 9.55. The Labute approximate surface area is 390 Å². The summed E-state index contributed by atoms with van der Waals surface area (Å²) in [6, 6.07) is 11.6. The van der Waals surface area contributed by atoms with E-state index in [0.717, 1.165) is 110 Å². The molecule has 2 aliphatic carbocycles. The Morgan fingerprint density at radius 3 is 2.43 bits per heavy atom. The van der Waals surface area contributed by atoms with Gasteiger partial charge in [0.15, 0.2) is 0 Å². The molecule has 1 aromatic heterocycles. The van der Waals surface area contributed by atoms with Gasteiger partial charge >= 0.3 is 0 Å². The first-order valence-electron chi connectivity index (χ1n) is 25.6. The summed E-state index contributed by atoms with van der Waals surface area (Å²) < 4.78 is 27.2. The summed E-state index contributed by atoms with van der Waals surface area (Å²) in [6.07, 6.45) is 23.7. The molecule has 360 valence electrons. The van der Waals surface area contributed by atoms with Gasteiger partial charge in [-0.15, -0.1) is 6.58 Å².